The minimum absolute atomic E-state index is 0.147. The van der Waals surface area contributed by atoms with E-state index in [1.807, 2.05) is 0 Å². The molecule has 0 heterocycles. The van der Waals surface area contributed by atoms with Crippen LogP contribution in [0.15, 0.2) is 0 Å². The molecule has 0 unspecified atom stereocenters. The van der Waals surface area contributed by atoms with Crippen LogP contribution >= 0.6 is 11.6 Å². The van der Waals surface area contributed by atoms with Crippen molar-refractivity contribution in [2.24, 2.45) is 5.92 Å². The van der Waals surface area contributed by atoms with Crippen molar-refractivity contribution < 1.29 is 4.79 Å². The topological polar surface area (TPSA) is 17.1 Å². The molecule has 1 rings (SSSR count). The van der Waals surface area contributed by atoms with Crippen LogP contribution < -0.4 is 0 Å². The Balaban J connectivity index is 2.27. The van der Waals surface area contributed by atoms with Gasteiger partial charge in [0.25, 0.3) is 0 Å². The molecule has 1 fully saturated rings. The molecule has 0 bridgehead atoms. The lowest BCUT2D eigenvalue weighted by Gasteiger charge is -2.19. The van der Waals surface area contributed by atoms with Crippen LogP contribution in [-0.4, -0.2) is 5.24 Å². The SMILES string of the molecule is O=C([37Cl])C1CCC1. The summed E-state index contributed by atoms with van der Waals surface area (Å²) in [4.78, 5) is 10.2. The first kappa shape index (κ1) is 5.10. The third-order valence-corrected chi connectivity index (χ3v) is 1.73. The zero-order valence-electron chi connectivity index (χ0n) is 3.98. The molecule has 0 saturated heterocycles. The third kappa shape index (κ3) is 0.942. The number of hydrogen-bond acceptors (Lipinski definition) is 1. The highest BCUT2D eigenvalue weighted by atomic mass is 37.0. The Morgan fingerprint density at radius 1 is 1.57 bits per heavy atom. The lowest BCUT2D eigenvalue weighted by molar-refractivity contribution is -0.117. The number of rotatable bonds is 1. The highest BCUT2D eigenvalue weighted by molar-refractivity contribution is 6.64. The molecule has 2 heteroatoms. The van der Waals surface area contributed by atoms with Gasteiger partial charge >= 0.3 is 0 Å². The Morgan fingerprint density at radius 3 is 2.14 bits per heavy atom. The average Bonchev–Trinajstić information content (AvgIpc) is 1.23. The summed E-state index contributed by atoms with van der Waals surface area (Å²) in [5.41, 5.74) is 0. The lowest BCUT2D eigenvalue weighted by Crippen LogP contribution is -2.16. The first-order valence-corrected chi connectivity index (χ1v) is 2.88. The predicted molar refractivity (Wildman–Crippen MR) is 28.2 cm³/mol. The number of carbonyl (C=O) groups excluding carboxylic acids is 1. The van der Waals surface area contributed by atoms with E-state index in [9.17, 15) is 4.79 Å². The highest BCUT2D eigenvalue weighted by Gasteiger charge is 2.22. The van der Waals surface area contributed by atoms with Gasteiger partial charge in [-0.15, -0.1) is 0 Å². The smallest absolute Gasteiger partial charge is 0.224 e. The summed E-state index contributed by atoms with van der Waals surface area (Å²) >= 11 is 5.14. The predicted octanol–water partition coefficient (Wildman–Crippen LogP) is 1.55. The van der Waals surface area contributed by atoms with Gasteiger partial charge in [0, 0.05) is 5.92 Å². The largest absolute Gasteiger partial charge is 0.281 e. The molecule has 0 aromatic rings. The minimum atomic E-state index is -0.147. The fourth-order valence-electron chi connectivity index (χ4n) is 0.635. The van der Waals surface area contributed by atoms with Crippen molar-refractivity contribution in [2.45, 2.75) is 19.3 Å². The molecule has 0 aromatic heterocycles. The highest BCUT2D eigenvalue weighted by Crippen LogP contribution is 2.27. The first-order valence-electron chi connectivity index (χ1n) is 2.50. The maximum Gasteiger partial charge on any atom is 0.224 e. The molecule has 0 spiro atoms. The molecule has 0 amide bonds. The van der Waals surface area contributed by atoms with Crippen molar-refractivity contribution in [3.8, 4) is 0 Å². The van der Waals surface area contributed by atoms with Crippen molar-refractivity contribution in [1.29, 1.82) is 0 Å². The summed E-state index contributed by atoms with van der Waals surface area (Å²) in [7, 11) is 0. The van der Waals surface area contributed by atoms with Gasteiger partial charge in [-0.1, -0.05) is 6.42 Å². The van der Waals surface area contributed by atoms with Crippen LogP contribution in [0.5, 0.6) is 0 Å². The van der Waals surface area contributed by atoms with Crippen LogP contribution in [0.1, 0.15) is 19.3 Å². The summed E-state index contributed by atoms with van der Waals surface area (Å²) in [5.74, 6) is 0.210. The Bertz CT molecular complexity index is 86.1. The Labute approximate surface area is 47.7 Å². The van der Waals surface area contributed by atoms with Crippen LogP contribution in [0.2, 0.25) is 0 Å². The van der Waals surface area contributed by atoms with Gasteiger partial charge < -0.3 is 0 Å². The number of carbonyl (C=O) groups is 1. The number of halogens is 1. The molecule has 1 saturated carbocycles. The summed E-state index contributed by atoms with van der Waals surface area (Å²) in [6.07, 6.45) is 3.22. The van der Waals surface area contributed by atoms with Gasteiger partial charge in [-0.05, 0) is 24.4 Å². The van der Waals surface area contributed by atoms with Crippen molar-refractivity contribution >= 4 is 16.8 Å². The average molecular weight is 120 g/mol. The van der Waals surface area contributed by atoms with E-state index in [1.54, 1.807) is 0 Å². The zero-order valence-corrected chi connectivity index (χ0v) is 4.74. The fraction of sp³-hybridized carbons (Fsp3) is 0.800. The van der Waals surface area contributed by atoms with E-state index in [4.69, 9.17) is 11.6 Å². The van der Waals surface area contributed by atoms with Gasteiger partial charge in [0.1, 0.15) is 0 Å². The molecular weight excluding hydrogens is 113 g/mol. The maximum absolute atomic E-state index is 10.2. The summed E-state index contributed by atoms with van der Waals surface area (Å²) in [6.45, 7) is 0. The van der Waals surface area contributed by atoms with Gasteiger partial charge in [-0.25, -0.2) is 0 Å². The van der Waals surface area contributed by atoms with Crippen molar-refractivity contribution in [2.75, 3.05) is 0 Å². The standard InChI is InChI=1S/C5H7ClO/c6-5(7)4-2-1-3-4/h4H,1-3H2/i6+2. The molecule has 1 nitrogen and oxygen atoms in total. The first-order chi connectivity index (χ1) is 3.30. The Hall–Kier alpha value is -0.0400. The Kier molecular flexibility index (Phi) is 1.33. The summed E-state index contributed by atoms with van der Waals surface area (Å²) in [6, 6.07) is 0. The molecule has 1 aliphatic rings. The minimum Gasteiger partial charge on any atom is -0.281 e. The third-order valence-electron chi connectivity index (χ3n) is 1.43. The molecule has 0 atom stereocenters. The maximum atomic E-state index is 10.2. The van der Waals surface area contributed by atoms with Gasteiger partial charge in [0.2, 0.25) is 5.24 Å². The van der Waals surface area contributed by atoms with Gasteiger partial charge in [-0.3, -0.25) is 4.79 Å². The van der Waals surface area contributed by atoms with Gasteiger partial charge in [-0.2, -0.15) is 0 Å². The molecular formula is C5H7ClO. The molecule has 0 aromatic carbocycles. The van der Waals surface area contributed by atoms with E-state index < -0.39 is 0 Å². The molecule has 40 valence electrons. The van der Waals surface area contributed by atoms with E-state index in [2.05, 4.69) is 0 Å². The van der Waals surface area contributed by atoms with Crippen LogP contribution in [0, 0.1) is 5.92 Å². The second kappa shape index (κ2) is 1.83. The van der Waals surface area contributed by atoms with E-state index in [1.165, 1.54) is 6.42 Å². The summed E-state index contributed by atoms with van der Waals surface area (Å²) < 4.78 is 0. The van der Waals surface area contributed by atoms with E-state index in [-0.39, 0.29) is 11.2 Å². The normalized spacial score (nSPS) is 21.3. The summed E-state index contributed by atoms with van der Waals surface area (Å²) in [5, 5.41) is -0.147. The van der Waals surface area contributed by atoms with Crippen LogP contribution in [0.4, 0.5) is 0 Å². The van der Waals surface area contributed by atoms with E-state index >= 15 is 0 Å². The van der Waals surface area contributed by atoms with E-state index in [0.717, 1.165) is 12.8 Å². The second-order valence-corrected chi connectivity index (χ2v) is 2.30. The van der Waals surface area contributed by atoms with Gasteiger partial charge in [0.15, 0.2) is 0 Å². The Morgan fingerprint density at radius 2 is 2.14 bits per heavy atom. The van der Waals surface area contributed by atoms with Crippen molar-refractivity contribution in [3.63, 3.8) is 0 Å². The molecule has 0 aliphatic heterocycles. The molecule has 0 N–H and O–H groups in total. The van der Waals surface area contributed by atoms with Crippen molar-refractivity contribution in [1.82, 2.24) is 0 Å². The van der Waals surface area contributed by atoms with Gasteiger partial charge in [0.05, 0.1) is 0 Å². The monoisotopic (exact) mass is 120 g/mol. The molecule has 1 aliphatic carbocycles. The quantitative estimate of drug-likeness (QED) is 0.480. The van der Waals surface area contributed by atoms with Crippen molar-refractivity contribution in [3.05, 3.63) is 0 Å². The van der Waals surface area contributed by atoms with Crippen LogP contribution in [0.25, 0.3) is 0 Å². The molecule has 0 radical (unpaired) electrons. The fourth-order valence-corrected chi connectivity index (χ4v) is 0.853. The molecule has 7 heavy (non-hydrogen) atoms. The lowest BCUT2D eigenvalue weighted by atomic mass is 9.87. The van der Waals surface area contributed by atoms with Crippen LogP contribution in [0.3, 0.4) is 0 Å². The van der Waals surface area contributed by atoms with E-state index in [0.29, 0.717) is 0 Å². The zero-order chi connectivity index (χ0) is 5.28. The van der Waals surface area contributed by atoms with Crippen LogP contribution in [-0.2, 0) is 4.79 Å². The number of hydrogen-bond donors (Lipinski definition) is 0. The second-order valence-electron chi connectivity index (χ2n) is 1.93.